The lowest BCUT2D eigenvalue weighted by Crippen LogP contribution is -2.51. The summed E-state index contributed by atoms with van der Waals surface area (Å²) in [6, 6.07) is 2.44. The molecule has 114 valence electrons. The molecule has 1 N–H and O–H groups in total. The Kier molecular flexibility index (Phi) is 4.70. The topological polar surface area (TPSA) is 81.5 Å². The minimum Gasteiger partial charge on any atom is -0.379 e. The van der Waals surface area contributed by atoms with E-state index in [1.807, 2.05) is 6.92 Å². The Morgan fingerprint density at radius 3 is 2.76 bits per heavy atom. The first-order chi connectivity index (χ1) is 9.82. The van der Waals surface area contributed by atoms with E-state index in [9.17, 15) is 14.9 Å². The maximum absolute atomic E-state index is 12.3. The van der Waals surface area contributed by atoms with E-state index < -0.39 is 16.4 Å². The number of nitro groups is 1. The molecule has 0 aromatic heterocycles. The molecule has 1 aliphatic rings. The number of amides is 1. The number of halogens is 2. The van der Waals surface area contributed by atoms with Gasteiger partial charge in [-0.15, -0.1) is 0 Å². The van der Waals surface area contributed by atoms with E-state index in [0.29, 0.717) is 13.2 Å². The van der Waals surface area contributed by atoms with Gasteiger partial charge in [0.25, 0.3) is 11.6 Å². The summed E-state index contributed by atoms with van der Waals surface area (Å²) >= 11 is 11.6. The van der Waals surface area contributed by atoms with Gasteiger partial charge in [0.2, 0.25) is 0 Å². The average molecular weight is 333 g/mol. The molecule has 8 heteroatoms. The Balaban J connectivity index is 2.25. The third-order valence-corrected chi connectivity index (χ3v) is 4.11. The number of hydrogen-bond acceptors (Lipinski definition) is 4. The van der Waals surface area contributed by atoms with Crippen molar-refractivity contribution >= 4 is 34.8 Å². The normalized spacial score (nSPS) is 21.9. The van der Waals surface area contributed by atoms with Crippen LogP contribution in [0.4, 0.5) is 5.69 Å². The van der Waals surface area contributed by atoms with Gasteiger partial charge >= 0.3 is 0 Å². The molecular weight excluding hydrogens is 319 g/mol. The van der Waals surface area contributed by atoms with E-state index >= 15 is 0 Å². The van der Waals surface area contributed by atoms with Crippen LogP contribution < -0.4 is 5.32 Å². The number of ether oxygens (including phenoxy) is 1. The molecule has 1 atom stereocenters. The van der Waals surface area contributed by atoms with Gasteiger partial charge in [0.05, 0.1) is 22.1 Å². The molecule has 1 aliphatic heterocycles. The zero-order valence-corrected chi connectivity index (χ0v) is 12.8. The highest BCUT2D eigenvalue weighted by Crippen LogP contribution is 2.33. The number of carbonyl (C=O) groups excluding carboxylic acids is 1. The number of benzene rings is 1. The van der Waals surface area contributed by atoms with Crippen molar-refractivity contribution < 1.29 is 14.5 Å². The summed E-state index contributed by atoms with van der Waals surface area (Å²) in [6.45, 7) is 2.95. The van der Waals surface area contributed by atoms with Gasteiger partial charge in [0.15, 0.2) is 0 Å². The van der Waals surface area contributed by atoms with Gasteiger partial charge in [-0.05, 0) is 25.8 Å². The van der Waals surface area contributed by atoms with Crippen molar-refractivity contribution in [3.8, 4) is 0 Å². The van der Waals surface area contributed by atoms with Crippen LogP contribution in [0.15, 0.2) is 12.1 Å². The van der Waals surface area contributed by atoms with Gasteiger partial charge < -0.3 is 10.1 Å². The van der Waals surface area contributed by atoms with E-state index in [1.54, 1.807) is 0 Å². The molecule has 1 aromatic carbocycles. The van der Waals surface area contributed by atoms with Gasteiger partial charge in [-0.2, -0.15) is 0 Å². The Morgan fingerprint density at radius 1 is 1.48 bits per heavy atom. The molecule has 2 rings (SSSR count). The molecule has 0 radical (unpaired) electrons. The van der Waals surface area contributed by atoms with Crippen molar-refractivity contribution in [2.75, 3.05) is 13.2 Å². The Morgan fingerprint density at radius 2 is 2.19 bits per heavy atom. The Bertz CT molecular complexity index is 586. The second-order valence-electron chi connectivity index (χ2n) is 5.22. The van der Waals surface area contributed by atoms with Crippen LogP contribution in [0.5, 0.6) is 0 Å². The van der Waals surface area contributed by atoms with Gasteiger partial charge in [0.1, 0.15) is 5.02 Å². The lowest BCUT2D eigenvalue weighted by atomic mass is 9.94. The van der Waals surface area contributed by atoms with Gasteiger partial charge in [0, 0.05) is 18.2 Å². The largest absolute Gasteiger partial charge is 0.379 e. The first-order valence-corrected chi connectivity index (χ1v) is 7.12. The van der Waals surface area contributed by atoms with Crippen LogP contribution in [0.3, 0.4) is 0 Å². The first kappa shape index (κ1) is 16.0. The summed E-state index contributed by atoms with van der Waals surface area (Å²) in [6.07, 6.45) is 1.63. The molecule has 1 fully saturated rings. The van der Waals surface area contributed by atoms with Crippen LogP contribution in [0.25, 0.3) is 0 Å². The van der Waals surface area contributed by atoms with Gasteiger partial charge in [-0.1, -0.05) is 23.2 Å². The number of rotatable bonds is 3. The molecule has 1 heterocycles. The zero-order valence-electron chi connectivity index (χ0n) is 11.3. The number of nitro benzene ring substituents is 1. The number of nitrogens with one attached hydrogen (secondary N) is 1. The monoisotopic (exact) mass is 332 g/mol. The van der Waals surface area contributed by atoms with Crippen LogP contribution in [0.1, 0.15) is 30.1 Å². The lowest BCUT2D eigenvalue weighted by Gasteiger charge is -2.34. The van der Waals surface area contributed by atoms with E-state index in [1.165, 1.54) is 6.07 Å². The van der Waals surface area contributed by atoms with Crippen molar-refractivity contribution in [2.24, 2.45) is 0 Å². The minimum absolute atomic E-state index is 0.0268. The van der Waals surface area contributed by atoms with Crippen molar-refractivity contribution in [2.45, 2.75) is 25.3 Å². The highest BCUT2D eigenvalue weighted by Gasteiger charge is 2.30. The summed E-state index contributed by atoms with van der Waals surface area (Å²) in [5, 5.41) is 13.5. The summed E-state index contributed by atoms with van der Waals surface area (Å²) in [7, 11) is 0. The molecule has 1 aromatic rings. The highest BCUT2D eigenvalue weighted by molar-refractivity contribution is 6.43. The van der Waals surface area contributed by atoms with Crippen LogP contribution in [-0.4, -0.2) is 29.6 Å². The molecule has 21 heavy (non-hydrogen) atoms. The predicted octanol–water partition coefficient (Wildman–Crippen LogP) is 3.20. The van der Waals surface area contributed by atoms with Crippen LogP contribution in [0.2, 0.25) is 10.0 Å². The summed E-state index contributed by atoms with van der Waals surface area (Å²) in [4.78, 5) is 22.5. The molecule has 1 saturated heterocycles. The Hall–Kier alpha value is -1.37. The van der Waals surface area contributed by atoms with E-state index in [-0.39, 0.29) is 21.3 Å². The van der Waals surface area contributed by atoms with Crippen molar-refractivity contribution in [3.05, 3.63) is 37.9 Å². The fourth-order valence-electron chi connectivity index (χ4n) is 2.22. The third-order valence-electron chi connectivity index (χ3n) is 3.32. The smallest absolute Gasteiger partial charge is 0.290 e. The number of carbonyl (C=O) groups is 1. The molecule has 0 bridgehead atoms. The summed E-state index contributed by atoms with van der Waals surface area (Å²) in [5.41, 5.74) is -0.779. The van der Waals surface area contributed by atoms with E-state index in [0.717, 1.165) is 18.9 Å². The average Bonchev–Trinajstić information content (AvgIpc) is 2.41. The third kappa shape index (κ3) is 3.64. The summed E-state index contributed by atoms with van der Waals surface area (Å²) in [5.74, 6) is -0.440. The summed E-state index contributed by atoms with van der Waals surface area (Å²) < 4.78 is 5.36. The molecule has 6 nitrogen and oxygen atoms in total. The maximum Gasteiger partial charge on any atom is 0.290 e. The standard InChI is InChI=1S/C13H14Cl2N2O4/c1-13(3-2-4-21-7-13)16-12(18)8-5-9(14)11(15)10(6-8)17(19)20/h5-6H,2-4,7H2,1H3,(H,16,18). The maximum atomic E-state index is 12.3. The Labute approximate surface area is 131 Å². The van der Waals surface area contributed by atoms with Crippen molar-refractivity contribution in [1.29, 1.82) is 0 Å². The first-order valence-electron chi connectivity index (χ1n) is 6.36. The molecule has 0 saturated carbocycles. The van der Waals surface area contributed by atoms with E-state index in [2.05, 4.69) is 5.32 Å². The lowest BCUT2D eigenvalue weighted by molar-refractivity contribution is -0.384. The van der Waals surface area contributed by atoms with Gasteiger partial charge in [-0.3, -0.25) is 14.9 Å². The van der Waals surface area contributed by atoms with Crippen LogP contribution in [0, 0.1) is 10.1 Å². The minimum atomic E-state index is -0.670. The predicted molar refractivity (Wildman–Crippen MR) is 79.0 cm³/mol. The fourth-order valence-corrected chi connectivity index (χ4v) is 2.61. The van der Waals surface area contributed by atoms with Crippen LogP contribution >= 0.6 is 23.2 Å². The quantitative estimate of drug-likeness (QED) is 0.680. The second-order valence-corrected chi connectivity index (χ2v) is 6.00. The fraction of sp³-hybridized carbons (Fsp3) is 0.462. The number of hydrogen-bond donors (Lipinski definition) is 1. The van der Waals surface area contributed by atoms with Gasteiger partial charge in [-0.25, -0.2) is 0 Å². The zero-order chi connectivity index (χ0) is 15.6. The van der Waals surface area contributed by atoms with Crippen molar-refractivity contribution in [1.82, 2.24) is 5.32 Å². The SMILES string of the molecule is CC1(NC(=O)c2cc(Cl)c(Cl)c([N+](=O)[O-])c2)CCCOC1. The second kappa shape index (κ2) is 6.17. The molecule has 0 aliphatic carbocycles. The molecule has 1 unspecified atom stereocenters. The highest BCUT2D eigenvalue weighted by atomic mass is 35.5. The van der Waals surface area contributed by atoms with Crippen molar-refractivity contribution in [3.63, 3.8) is 0 Å². The van der Waals surface area contributed by atoms with Crippen LogP contribution in [-0.2, 0) is 4.74 Å². The molecular formula is C13H14Cl2N2O4. The number of nitrogens with zero attached hydrogens (tertiary/aromatic N) is 1. The van der Waals surface area contributed by atoms with E-state index in [4.69, 9.17) is 27.9 Å². The molecule has 1 amide bonds. The molecule has 0 spiro atoms.